The molecule has 0 aliphatic carbocycles. The molecule has 3 amide bonds. The minimum atomic E-state index is -0.383. The summed E-state index contributed by atoms with van der Waals surface area (Å²) in [6.07, 6.45) is 1.55. The number of benzene rings is 1. The van der Waals surface area contributed by atoms with E-state index in [1.807, 2.05) is 32.9 Å². The van der Waals surface area contributed by atoms with Gasteiger partial charge in [-0.3, -0.25) is 4.79 Å². The van der Waals surface area contributed by atoms with Crippen LogP contribution >= 0.6 is 0 Å². The third-order valence-electron chi connectivity index (χ3n) is 3.92. The van der Waals surface area contributed by atoms with Crippen molar-refractivity contribution in [2.24, 2.45) is 5.92 Å². The van der Waals surface area contributed by atoms with Gasteiger partial charge in [-0.2, -0.15) is 0 Å². The van der Waals surface area contributed by atoms with Crippen molar-refractivity contribution in [3.8, 4) is 5.75 Å². The summed E-state index contributed by atoms with van der Waals surface area (Å²) < 4.78 is 5.38. The molecule has 1 aromatic carbocycles. The SMILES string of the molecule is CCOc1ccc(NC(=O)N2CCC[C@H]2C(=O)NCC(C)C)cc1. The van der Waals surface area contributed by atoms with Gasteiger partial charge in [0, 0.05) is 18.8 Å². The normalized spacial score (nSPS) is 17.0. The highest BCUT2D eigenvalue weighted by molar-refractivity contribution is 5.94. The fourth-order valence-corrected chi connectivity index (χ4v) is 2.70. The predicted octanol–water partition coefficient (Wildman–Crippen LogP) is 2.85. The molecule has 0 radical (unpaired) electrons. The first-order valence-electron chi connectivity index (χ1n) is 8.59. The molecular formula is C18H27N3O3. The molecule has 1 saturated heterocycles. The van der Waals surface area contributed by atoms with E-state index in [-0.39, 0.29) is 18.0 Å². The summed E-state index contributed by atoms with van der Waals surface area (Å²) in [5.74, 6) is 1.09. The zero-order valence-corrected chi connectivity index (χ0v) is 14.7. The summed E-state index contributed by atoms with van der Waals surface area (Å²) in [6.45, 7) is 7.85. The Kier molecular flexibility index (Phi) is 6.46. The predicted molar refractivity (Wildman–Crippen MR) is 94.2 cm³/mol. The smallest absolute Gasteiger partial charge is 0.322 e. The number of urea groups is 1. The van der Waals surface area contributed by atoms with Crippen molar-refractivity contribution in [1.82, 2.24) is 10.2 Å². The van der Waals surface area contributed by atoms with Crippen LogP contribution in [0.1, 0.15) is 33.6 Å². The largest absolute Gasteiger partial charge is 0.494 e. The molecule has 0 saturated carbocycles. The molecule has 0 bridgehead atoms. The highest BCUT2D eigenvalue weighted by Crippen LogP contribution is 2.20. The van der Waals surface area contributed by atoms with Crippen molar-refractivity contribution in [2.75, 3.05) is 25.0 Å². The van der Waals surface area contributed by atoms with Crippen molar-refractivity contribution < 1.29 is 14.3 Å². The molecule has 1 aliphatic heterocycles. The first-order chi connectivity index (χ1) is 11.5. The van der Waals surface area contributed by atoms with Crippen molar-refractivity contribution in [2.45, 2.75) is 39.7 Å². The summed E-state index contributed by atoms with van der Waals surface area (Å²) in [7, 11) is 0. The Hall–Kier alpha value is -2.24. The number of nitrogens with one attached hydrogen (secondary N) is 2. The third-order valence-corrected chi connectivity index (χ3v) is 3.92. The standard InChI is InChI=1S/C18H27N3O3/c1-4-24-15-9-7-14(8-10-15)20-18(23)21-11-5-6-16(21)17(22)19-12-13(2)3/h7-10,13,16H,4-6,11-12H2,1-3H3,(H,19,22)(H,20,23)/t16-/m0/s1. The fourth-order valence-electron chi connectivity index (χ4n) is 2.70. The molecule has 1 aromatic rings. The summed E-state index contributed by atoms with van der Waals surface area (Å²) in [4.78, 5) is 26.4. The Morgan fingerprint density at radius 1 is 1.29 bits per heavy atom. The highest BCUT2D eigenvalue weighted by atomic mass is 16.5. The maximum atomic E-state index is 12.5. The van der Waals surface area contributed by atoms with E-state index >= 15 is 0 Å². The van der Waals surface area contributed by atoms with Crippen LogP contribution in [0.4, 0.5) is 10.5 Å². The number of hydrogen-bond donors (Lipinski definition) is 2. The topological polar surface area (TPSA) is 70.7 Å². The van der Waals surface area contributed by atoms with E-state index < -0.39 is 0 Å². The summed E-state index contributed by atoms with van der Waals surface area (Å²) in [6, 6.07) is 6.61. The third kappa shape index (κ3) is 4.88. The van der Waals surface area contributed by atoms with E-state index in [1.165, 1.54) is 0 Å². The number of rotatable bonds is 6. The van der Waals surface area contributed by atoms with E-state index in [4.69, 9.17) is 4.74 Å². The first-order valence-corrected chi connectivity index (χ1v) is 8.59. The van der Waals surface area contributed by atoms with E-state index in [9.17, 15) is 9.59 Å². The lowest BCUT2D eigenvalue weighted by Gasteiger charge is -2.24. The molecule has 6 nitrogen and oxygen atoms in total. The van der Waals surface area contributed by atoms with Crippen LogP contribution in [-0.4, -0.2) is 42.6 Å². The monoisotopic (exact) mass is 333 g/mol. The number of amides is 3. The van der Waals surface area contributed by atoms with Crippen LogP contribution in [-0.2, 0) is 4.79 Å². The van der Waals surface area contributed by atoms with Crippen LogP contribution in [0.2, 0.25) is 0 Å². The molecule has 24 heavy (non-hydrogen) atoms. The number of ether oxygens (including phenoxy) is 1. The van der Waals surface area contributed by atoms with E-state index in [1.54, 1.807) is 17.0 Å². The maximum absolute atomic E-state index is 12.5. The van der Waals surface area contributed by atoms with Crippen LogP contribution < -0.4 is 15.4 Å². The Bertz CT molecular complexity index is 557. The van der Waals surface area contributed by atoms with E-state index in [0.29, 0.717) is 37.7 Å². The first kappa shape index (κ1) is 18.1. The second-order valence-corrected chi connectivity index (χ2v) is 6.38. The molecule has 1 aliphatic rings. The zero-order chi connectivity index (χ0) is 17.5. The van der Waals surface area contributed by atoms with Crippen molar-refractivity contribution in [3.63, 3.8) is 0 Å². The van der Waals surface area contributed by atoms with Crippen LogP contribution in [0.5, 0.6) is 5.75 Å². The van der Waals surface area contributed by atoms with Gasteiger partial charge < -0.3 is 20.3 Å². The van der Waals surface area contributed by atoms with Gasteiger partial charge in [0.15, 0.2) is 0 Å². The van der Waals surface area contributed by atoms with Crippen LogP contribution in [0.3, 0.4) is 0 Å². The molecular weight excluding hydrogens is 306 g/mol. The van der Waals surface area contributed by atoms with Gasteiger partial charge in [-0.05, 0) is 49.9 Å². The van der Waals surface area contributed by atoms with Gasteiger partial charge in [0.2, 0.25) is 5.91 Å². The minimum Gasteiger partial charge on any atom is -0.494 e. The zero-order valence-electron chi connectivity index (χ0n) is 14.7. The van der Waals surface area contributed by atoms with Gasteiger partial charge in [0.05, 0.1) is 6.61 Å². The summed E-state index contributed by atoms with van der Waals surface area (Å²) in [5.41, 5.74) is 0.691. The Balaban J connectivity index is 1.93. The summed E-state index contributed by atoms with van der Waals surface area (Å²) in [5, 5.41) is 5.77. The minimum absolute atomic E-state index is 0.0666. The molecule has 2 rings (SSSR count). The maximum Gasteiger partial charge on any atom is 0.322 e. The second-order valence-electron chi connectivity index (χ2n) is 6.38. The number of likely N-dealkylation sites (tertiary alicyclic amines) is 1. The molecule has 2 N–H and O–H groups in total. The molecule has 1 atom stereocenters. The van der Waals surface area contributed by atoms with E-state index in [0.717, 1.165) is 12.2 Å². The number of carbonyl (C=O) groups excluding carboxylic acids is 2. The van der Waals surface area contributed by atoms with Crippen molar-refractivity contribution >= 4 is 17.6 Å². The molecule has 0 unspecified atom stereocenters. The molecule has 6 heteroatoms. The second kappa shape index (κ2) is 8.57. The van der Waals surface area contributed by atoms with Gasteiger partial charge in [0.25, 0.3) is 0 Å². The lowest BCUT2D eigenvalue weighted by molar-refractivity contribution is -0.124. The number of hydrogen-bond acceptors (Lipinski definition) is 3. The van der Waals surface area contributed by atoms with Crippen LogP contribution in [0, 0.1) is 5.92 Å². The molecule has 132 valence electrons. The number of nitrogens with zero attached hydrogens (tertiary/aromatic N) is 1. The lowest BCUT2D eigenvalue weighted by Crippen LogP contribution is -2.48. The quantitative estimate of drug-likeness (QED) is 0.841. The van der Waals surface area contributed by atoms with Crippen molar-refractivity contribution in [3.05, 3.63) is 24.3 Å². The Morgan fingerprint density at radius 3 is 2.62 bits per heavy atom. The van der Waals surface area contributed by atoms with Gasteiger partial charge in [-0.15, -0.1) is 0 Å². The van der Waals surface area contributed by atoms with Gasteiger partial charge >= 0.3 is 6.03 Å². The molecule has 1 heterocycles. The number of anilines is 1. The van der Waals surface area contributed by atoms with E-state index in [2.05, 4.69) is 10.6 Å². The lowest BCUT2D eigenvalue weighted by atomic mass is 10.2. The van der Waals surface area contributed by atoms with Gasteiger partial charge in [-0.25, -0.2) is 4.79 Å². The van der Waals surface area contributed by atoms with Crippen LogP contribution in [0.15, 0.2) is 24.3 Å². The van der Waals surface area contributed by atoms with Crippen molar-refractivity contribution in [1.29, 1.82) is 0 Å². The highest BCUT2D eigenvalue weighted by Gasteiger charge is 2.34. The van der Waals surface area contributed by atoms with Gasteiger partial charge in [0.1, 0.15) is 11.8 Å². The average Bonchev–Trinajstić information content (AvgIpc) is 3.04. The molecule has 0 spiro atoms. The van der Waals surface area contributed by atoms with Crippen LogP contribution in [0.25, 0.3) is 0 Å². The average molecular weight is 333 g/mol. The molecule has 1 fully saturated rings. The Labute approximate surface area is 143 Å². The van der Waals surface area contributed by atoms with Gasteiger partial charge in [-0.1, -0.05) is 13.8 Å². The molecule has 0 aromatic heterocycles. The fraction of sp³-hybridized carbons (Fsp3) is 0.556. The number of carbonyl (C=O) groups is 2. The summed E-state index contributed by atoms with van der Waals surface area (Å²) >= 11 is 0. The Morgan fingerprint density at radius 2 is 2.00 bits per heavy atom.